The molecule has 24 heavy (non-hydrogen) atoms. The van der Waals surface area contributed by atoms with Gasteiger partial charge in [0.05, 0.1) is 16.9 Å². The van der Waals surface area contributed by atoms with Crippen molar-refractivity contribution in [3.63, 3.8) is 0 Å². The van der Waals surface area contributed by atoms with Crippen LogP contribution in [0.2, 0.25) is 5.02 Å². The largest absolute Gasteiger partial charge is 0.480 e. The summed E-state index contributed by atoms with van der Waals surface area (Å²) in [7, 11) is 0. The van der Waals surface area contributed by atoms with Crippen LogP contribution < -0.4 is 5.32 Å². The molecule has 1 unspecified atom stereocenters. The highest BCUT2D eigenvalue weighted by Gasteiger charge is 2.22. The van der Waals surface area contributed by atoms with Crippen molar-refractivity contribution in [3.05, 3.63) is 46.7 Å². The third kappa shape index (κ3) is 4.35. The van der Waals surface area contributed by atoms with Crippen LogP contribution in [0, 0.1) is 6.92 Å². The minimum Gasteiger partial charge on any atom is -0.480 e. The molecule has 0 radical (unpaired) electrons. The van der Waals surface area contributed by atoms with Gasteiger partial charge in [-0.15, -0.1) is 0 Å². The van der Waals surface area contributed by atoms with Crippen LogP contribution in [0.1, 0.15) is 42.2 Å². The number of aromatic nitrogens is 2. The molecule has 7 heteroatoms. The number of carbonyl (C=O) groups is 2. The molecular formula is C17H20ClN3O3. The number of carbonyl (C=O) groups excluding carboxylic acids is 1. The van der Waals surface area contributed by atoms with Crippen LogP contribution in [0.4, 0.5) is 0 Å². The second-order valence-electron chi connectivity index (χ2n) is 5.56. The topological polar surface area (TPSA) is 84.2 Å². The number of rotatable bonds is 7. The Morgan fingerprint density at radius 2 is 2.00 bits per heavy atom. The number of aryl methyl sites for hydroxylation is 1. The van der Waals surface area contributed by atoms with Crippen LogP contribution in [0.15, 0.2) is 30.5 Å². The fourth-order valence-corrected chi connectivity index (χ4v) is 2.44. The Bertz CT molecular complexity index is 725. The van der Waals surface area contributed by atoms with Gasteiger partial charge in [-0.3, -0.25) is 4.79 Å². The molecule has 1 aromatic heterocycles. The Hall–Kier alpha value is -2.34. The standard InChI is InChI=1S/C17H20ClN3O3/c1-3-4-5-15(17(23)24)19-16(22)14-10-21(20-11(14)2)13-8-6-12(18)7-9-13/h6-10,15H,3-5H2,1-2H3,(H,19,22)(H,23,24). The van der Waals surface area contributed by atoms with Gasteiger partial charge in [0.2, 0.25) is 0 Å². The molecule has 6 nitrogen and oxygen atoms in total. The first-order valence-corrected chi connectivity index (χ1v) is 8.16. The predicted octanol–water partition coefficient (Wildman–Crippen LogP) is 3.21. The van der Waals surface area contributed by atoms with Gasteiger partial charge in [-0.05, 0) is 37.6 Å². The zero-order valence-corrected chi connectivity index (χ0v) is 14.4. The van der Waals surface area contributed by atoms with Gasteiger partial charge in [0.25, 0.3) is 5.91 Å². The molecule has 0 saturated carbocycles. The van der Waals surface area contributed by atoms with Crippen molar-refractivity contribution in [2.45, 2.75) is 39.2 Å². The molecule has 0 aliphatic heterocycles. The summed E-state index contributed by atoms with van der Waals surface area (Å²) in [4.78, 5) is 23.7. The van der Waals surface area contributed by atoms with Gasteiger partial charge in [0.1, 0.15) is 6.04 Å². The van der Waals surface area contributed by atoms with E-state index in [9.17, 15) is 14.7 Å². The van der Waals surface area contributed by atoms with E-state index < -0.39 is 17.9 Å². The summed E-state index contributed by atoms with van der Waals surface area (Å²) < 4.78 is 1.57. The van der Waals surface area contributed by atoms with E-state index >= 15 is 0 Å². The number of hydrogen-bond acceptors (Lipinski definition) is 3. The second kappa shape index (κ2) is 7.97. The van der Waals surface area contributed by atoms with Gasteiger partial charge in [-0.1, -0.05) is 31.4 Å². The lowest BCUT2D eigenvalue weighted by molar-refractivity contribution is -0.139. The molecular weight excluding hydrogens is 330 g/mol. The van der Waals surface area contributed by atoms with E-state index in [0.717, 1.165) is 18.5 Å². The van der Waals surface area contributed by atoms with Crippen molar-refractivity contribution in [1.82, 2.24) is 15.1 Å². The molecule has 1 aromatic carbocycles. The number of benzene rings is 1. The highest BCUT2D eigenvalue weighted by molar-refractivity contribution is 6.30. The summed E-state index contributed by atoms with van der Waals surface area (Å²) in [6, 6.07) is 6.16. The molecule has 2 aromatic rings. The minimum atomic E-state index is -1.03. The number of halogens is 1. The molecule has 0 fully saturated rings. The maximum atomic E-state index is 12.4. The molecule has 0 spiro atoms. The summed E-state index contributed by atoms with van der Waals surface area (Å²) in [6.45, 7) is 3.68. The number of nitrogens with one attached hydrogen (secondary N) is 1. The van der Waals surface area contributed by atoms with Crippen molar-refractivity contribution in [2.75, 3.05) is 0 Å². The van der Waals surface area contributed by atoms with E-state index in [1.54, 1.807) is 42.1 Å². The summed E-state index contributed by atoms with van der Waals surface area (Å²) in [6.07, 6.45) is 3.60. The van der Waals surface area contributed by atoms with Crippen molar-refractivity contribution in [2.24, 2.45) is 0 Å². The van der Waals surface area contributed by atoms with Crippen molar-refractivity contribution >= 4 is 23.5 Å². The van der Waals surface area contributed by atoms with Gasteiger partial charge >= 0.3 is 5.97 Å². The smallest absolute Gasteiger partial charge is 0.326 e. The number of amides is 1. The van der Waals surface area contributed by atoms with Crippen molar-refractivity contribution < 1.29 is 14.7 Å². The third-order valence-corrected chi connectivity index (χ3v) is 3.94. The summed E-state index contributed by atoms with van der Waals surface area (Å²) >= 11 is 5.87. The maximum Gasteiger partial charge on any atom is 0.326 e. The normalized spacial score (nSPS) is 12.0. The Balaban J connectivity index is 2.17. The average Bonchev–Trinajstić information content (AvgIpc) is 2.93. The SMILES string of the molecule is CCCCC(NC(=O)c1cn(-c2ccc(Cl)cc2)nc1C)C(=O)O. The first kappa shape index (κ1) is 18.0. The van der Waals surface area contributed by atoms with Crippen LogP contribution in [0.25, 0.3) is 5.69 Å². The fraction of sp³-hybridized carbons (Fsp3) is 0.353. The first-order chi connectivity index (χ1) is 11.4. The van der Waals surface area contributed by atoms with Crippen molar-refractivity contribution in [1.29, 1.82) is 0 Å². The Morgan fingerprint density at radius 3 is 2.58 bits per heavy atom. The lowest BCUT2D eigenvalue weighted by atomic mass is 10.1. The monoisotopic (exact) mass is 349 g/mol. The molecule has 128 valence electrons. The van der Waals surface area contributed by atoms with Gasteiger partial charge < -0.3 is 10.4 Å². The number of carboxylic acids is 1. The number of carboxylic acid groups (broad SMARTS) is 1. The number of hydrogen-bond donors (Lipinski definition) is 2. The zero-order valence-electron chi connectivity index (χ0n) is 13.6. The van der Waals surface area contributed by atoms with E-state index in [4.69, 9.17) is 11.6 Å². The van der Waals surface area contributed by atoms with Crippen LogP contribution in [-0.4, -0.2) is 32.8 Å². The van der Waals surface area contributed by atoms with Gasteiger partial charge in [0, 0.05) is 11.2 Å². The van der Waals surface area contributed by atoms with Crippen LogP contribution >= 0.6 is 11.6 Å². The van der Waals surface area contributed by atoms with E-state index in [1.807, 2.05) is 6.92 Å². The lowest BCUT2D eigenvalue weighted by Crippen LogP contribution is -2.40. The minimum absolute atomic E-state index is 0.354. The van der Waals surface area contributed by atoms with Gasteiger partial charge in [0.15, 0.2) is 0 Å². The summed E-state index contributed by atoms with van der Waals surface area (Å²) in [5.74, 6) is -1.46. The van der Waals surface area contributed by atoms with E-state index in [1.165, 1.54) is 0 Å². The van der Waals surface area contributed by atoms with Crippen molar-refractivity contribution in [3.8, 4) is 5.69 Å². The highest BCUT2D eigenvalue weighted by Crippen LogP contribution is 2.15. The highest BCUT2D eigenvalue weighted by atomic mass is 35.5. The number of aliphatic carboxylic acids is 1. The molecule has 1 amide bonds. The van der Waals surface area contributed by atoms with E-state index in [2.05, 4.69) is 10.4 Å². The zero-order chi connectivity index (χ0) is 17.7. The van der Waals surface area contributed by atoms with Crippen LogP contribution in [0.5, 0.6) is 0 Å². The third-order valence-electron chi connectivity index (χ3n) is 3.68. The molecule has 2 rings (SSSR count). The summed E-state index contributed by atoms with van der Waals surface area (Å²) in [5.41, 5.74) is 1.65. The molecule has 1 atom stereocenters. The molecule has 0 bridgehead atoms. The number of nitrogens with zero attached hydrogens (tertiary/aromatic N) is 2. The van der Waals surface area contributed by atoms with Crippen LogP contribution in [-0.2, 0) is 4.79 Å². The molecule has 2 N–H and O–H groups in total. The molecule has 0 saturated heterocycles. The predicted molar refractivity (Wildman–Crippen MR) is 91.7 cm³/mol. The van der Waals surface area contributed by atoms with E-state index in [-0.39, 0.29) is 0 Å². The van der Waals surface area contributed by atoms with Gasteiger partial charge in [-0.2, -0.15) is 5.10 Å². The van der Waals surface area contributed by atoms with E-state index in [0.29, 0.717) is 22.7 Å². The van der Waals surface area contributed by atoms with Crippen LogP contribution in [0.3, 0.4) is 0 Å². The molecule has 0 aliphatic rings. The molecule has 1 heterocycles. The maximum absolute atomic E-state index is 12.4. The average molecular weight is 350 g/mol. The van der Waals surface area contributed by atoms with Gasteiger partial charge in [-0.25, -0.2) is 9.48 Å². The lowest BCUT2D eigenvalue weighted by Gasteiger charge is -2.13. The quantitative estimate of drug-likeness (QED) is 0.803. The first-order valence-electron chi connectivity index (χ1n) is 7.78. The second-order valence-corrected chi connectivity index (χ2v) is 5.99. The number of unbranched alkanes of at least 4 members (excludes halogenated alkanes) is 1. The molecule has 0 aliphatic carbocycles. The fourth-order valence-electron chi connectivity index (χ4n) is 2.31. The Labute approximate surface area is 145 Å². The Kier molecular flexibility index (Phi) is 5.98. The Morgan fingerprint density at radius 1 is 1.33 bits per heavy atom. The summed E-state index contributed by atoms with van der Waals surface area (Å²) in [5, 5.41) is 16.7.